The number of halogens is 1. The van der Waals surface area contributed by atoms with Crippen molar-refractivity contribution in [3.05, 3.63) is 65.2 Å². The van der Waals surface area contributed by atoms with Crippen LogP contribution in [0.4, 0.5) is 4.39 Å². The van der Waals surface area contributed by atoms with Gasteiger partial charge in [0.2, 0.25) is 0 Å². The molecule has 0 spiro atoms. The second kappa shape index (κ2) is 9.07. The Morgan fingerprint density at radius 2 is 2.00 bits per heavy atom. The summed E-state index contributed by atoms with van der Waals surface area (Å²) in [4.78, 5) is 6.59. The van der Waals surface area contributed by atoms with Crippen LogP contribution in [0.5, 0.6) is 0 Å². The van der Waals surface area contributed by atoms with E-state index < -0.39 is 0 Å². The van der Waals surface area contributed by atoms with Gasteiger partial charge in [-0.05, 0) is 42.6 Å². The van der Waals surface area contributed by atoms with Crippen LogP contribution in [0.25, 0.3) is 0 Å². The molecule has 25 heavy (non-hydrogen) atoms. The maximum absolute atomic E-state index is 14.0. The van der Waals surface area contributed by atoms with Crippen LogP contribution < -0.4 is 5.32 Å². The predicted octanol–water partition coefficient (Wildman–Crippen LogP) is 3.93. The molecular formula is C21H28FN3. The average molecular weight is 341 g/mol. The number of rotatable bonds is 8. The molecule has 1 aliphatic rings. The molecule has 2 aromatic rings. The molecule has 2 heterocycles. The van der Waals surface area contributed by atoms with Gasteiger partial charge in [-0.1, -0.05) is 44.0 Å². The zero-order valence-corrected chi connectivity index (χ0v) is 15.0. The Morgan fingerprint density at radius 3 is 2.80 bits per heavy atom. The van der Waals surface area contributed by atoms with E-state index in [0.717, 1.165) is 32.5 Å². The largest absolute Gasteiger partial charge is 0.308 e. The third-order valence-electron chi connectivity index (χ3n) is 4.93. The molecule has 134 valence electrons. The molecule has 0 saturated heterocycles. The standard InChI is InChI=1S/C21H28FN3/c1-2-3-6-12-25(16-21-20(22)10-7-11-23-21)15-19-13-17-8-4-5-9-18(17)14-24-19/h4-5,7-11,19,24H,2-3,6,12-16H2,1H3/t19-/m1/s1. The van der Waals surface area contributed by atoms with E-state index in [1.807, 2.05) is 0 Å². The van der Waals surface area contributed by atoms with Gasteiger partial charge in [0.15, 0.2) is 0 Å². The highest BCUT2D eigenvalue weighted by atomic mass is 19.1. The predicted molar refractivity (Wildman–Crippen MR) is 99.8 cm³/mol. The number of hydrogen-bond donors (Lipinski definition) is 1. The Kier molecular flexibility index (Phi) is 6.54. The number of fused-ring (bicyclic) bond motifs is 1. The molecule has 1 aromatic heterocycles. The van der Waals surface area contributed by atoms with Gasteiger partial charge >= 0.3 is 0 Å². The lowest BCUT2D eigenvalue weighted by Crippen LogP contribution is -2.44. The summed E-state index contributed by atoms with van der Waals surface area (Å²) in [5.41, 5.74) is 3.38. The second-order valence-electron chi connectivity index (χ2n) is 6.92. The summed E-state index contributed by atoms with van der Waals surface area (Å²) in [5, 5.41) is 3.64. The van der Waals surface area contributed by atoms with Crippen molar-refractivity contribution in [2.45, 2.75) is 51.7 Å². The van der Waals surface area contributed by atoms with Crippen LogP contribution in [0, 0.1) is 5.82 Å². The van der Waals surface area contributed by atoms with Crippen molar-refractivity contribution in [2.24, 2.45) is 0 Å². The molecule has 0 amide bonds. The molecule has 1 aromatic carbocycles. The van der Waals surface area contributed by atoms with Crippen LogP contribution in [-0.4, -0.2) is 29.0 Å². The van der Waals surface area contributed by atoms with Gasteiger partial charge in [-0.3, -0.25) is 9.88 Å². The van der Waals surface area contributed by atoms with Crippen LogP contribution >= 0.6 is 0 Å². The quantitative estimate of drug-likeness (QED) is 0.738. The maximum atomic E-state index is 14.0. The fraction of sp³-hybridized carbons (Fsp3) is 0.476. The average Bonchev–Trinajstić information content (AvgIpc) is 2.63. The summed E-state index contributed by atoms with van der Waals surface area (Å²) < 4.78 is 14.0. The minimum absolute atomic E-state index is 0.204. The molecule has 0 fully saturated rings. The zero-order chi connectivity index (χ0) is 17.5. The van der Waals surface area contributed by atoms with E-state index in [4.69, 9.17) is 0 Å². The number of nitrogens with zero attached hydrogens (tertiary/aromatic N) is 2. The van der Waals surface area contributed by atoms with E-state index in [9.17, 15) is 4.39 Å². The van der Waals surface area contributed by atoms with Gasteiger partial charge in [0.25, 0.3) is 0 Å². The molecule has 1 N–H and O–H groups in total. The van der Waals surface area contributed by atoms with Gasteiger partial charge in [-0.2, -0.15) is 0 Å². The van der Waals surface area contributed by atoms with Crippen molar-refractivity contribution >= 4 is 0 Å². The zero-order valence-electron chi connectivity index (χ0n) is 15.0. The minimum Gasteiger partial charge on any atom is -0.308 e. The molecule has 0 unspecified atom stereocenters. The molecule has 4 heteroatoms. The van der Waals surface area contributed by atoms with Gasteiger partial charge in [-0.25, -0.2) is 4.39 Å². The molecule has 0 bridgehead atoms. The van der Waals surface area contributed by atoms with Crippen molar-refractivity contribution in [3.63, 3.8) is 0 Å². The number of unbranched alkanes of at least 4 members (excludes halogenated alkanes) is 2. The highest BCUT2D eigenvalue weighted by molar-refractivity contribution is 5.30. The SMILES string of the molecule is CCCCCN(Cc1ncccc1F)C[C@H]1Cc2ccccc2CN1. The van der Waals surface area contributed by atoms with Crippen LogP contribution in [0.15, 0.2) is 42.6 Å². The molecule has 1 atom stereocenters. The van der Waals surface area contributed by atoms with E-state index in [-0.39, 0.29) is 5.82 Å². The number of pyridine rings is 1. The first-order valence-corrected chi connectivity index (χ1v) is 9.38. The van der Waals surface area contributed by atoms with E-state index >= 15 is 0 Å². The summed E-state index contributed by atoms with van der Waals surface area (Å²) in [6, 6.07) is 12.2. The number of benzene rings is 1. The summed E-state index contributed by atoms with van der Waals surface area (Å²) in [6.45, 7) is 5.62. The highest BCUT2D eigenvalue weighted by Crippen LogP contribution is 2.18. The third-order valence-corrected chi connectivity index (χ3v) is 4.93. The fourth-order valence-corrected chi connectivity index (χ4v) is 3.53. The normalized spacial score (nSPS) is 16.8. The molecule has 3 nitrogen and oxygen atoms in total. The Labute approximate surface area is 150 Å². The molecule has 3 rings (SSSR count). The Morgan fingerprint density at radius 1 is 1.16 bits per heavy atom. The third kappa shape index (κ3) is 5.10. The summed E-state index contributed by atoms with van der Waals surface area (Å²) >= 11 is 0. The van der Waals surface area contributed by atoms with Gasteiger partial charge in [0, 0.05) is 31.9 Å². The Balaban J connectivity index is 1.64. The van der Waals surface area contributed by atoms with E-state index in [0.29, 0.717) is 18.3 Å². The first-order chi connectivity index (χ1) is 12.3. The van der Waals surface area contributed by atoms with Crippen LogP contribution in [0.1, 0.15) is 43.0 Å². The van der Waals surface area contributed by atoms with Crippen molar-refractivity contribution in [1.29, 1.82) is 0 Å². The number of aromatic nitrogens is 1. The van der Waals surface area contributed by atoms with E-state index in [2.05, 4.69) is 46.4 Å². The van der Waals surface area contributed by atoms with E-state index in [1.54, 1.807) is 12.3 Å². The topological polar surface area (TPSA) is 28.2 Å². The first-order valence-electron chi connectivity index (χ1n) is 9.38. The molecule has 0 saturated carbocycles. The molecule has 0 aliphatic carbocycles. The summed E-state index contributed by atoms with van der Waals surface area (Å²) in [5.74, 6) is -0.204. The lowest BCUT2D eigenvalue weighted by atomic mass is 9.95. The molecular weight excluding hydrogens is 313 g/mol. The Bertz CT molecular complexity index is 674. The lowest BCUT2D eigenvalue weighted by Gasteiger charge is -2.31. The number of hydrogen-bond acceptors (Lipinski definition) is 3. The van der Waals surface area contributed by atoms with Crippen LogP contribution in [-0.2, 0) is 19.5 Å². The monoisotopic (exact) mass is 341 g/mol. The summed E-state index contributed by atoms with van der Waals surface area (Å²) in [7, 11) is 0. The second-order valence-corrected chi connectivity index (χ2v) is 6.92. The highest BCUT2D eigenvalue weighted by Gasteiger charge is 2.21. The van der Waals surface area contributed by atoms with Gasteiger partial charge < -0.3 is 5.32 Å². The van der Waals surface area contributed by atoms with Gasteiger partial charge in [0.1, 0.15) is 5.82 Å². The fourth-order valence-electron chi connectivity index (χ4n) is 3.53. The van der Waals surface area contributed by atoms with Crippen molar-refractivity contribution in [3.8, 4) is 0 Å². The Hall–Kier alpha value is -1.78. The first kappa shape index (κ1) is 18.0. The molecule has 0 radical (unpaired) electrons. The van der Waals surface area contributed by atoms with Gasteiger partial charge in [-0.15, -0.1) is 0 Å². The smallest absolute Gasteiger partial charge is 0.146 e. The summed E-state index contributed by atoms with van der Waals surface area (Å²) in [6.07, 6.45) is 6.26. The van der Waals surface area contributed by atoms with E-state index in [1.165, 1.54) is 30.0 Å². The van der Waals surface area contributed by atoms with Crippen molar-refractivity contribution < 1.29 is 4.39 Å². The maximum Gasteiger partial charge on any atom is 0.146 e. The van der Waals surface area contributed by atoms with Gasteiger partial charge in [0.05, 0.1) is 5.69 Å². The number of nitrogens with one attached hydrogen (secondary N) is 1. The van der Waals surface area contributed by atoms with Crippen molar-refractivity contribution in [1.82, 2.24) is 15.2 Å². The van der Waals surface area contributed by atoms with Crippen LogP contribution in [0.3, 0.4) is 0 Å². The van der Waals surface area contributed by atoms with Crippen molar-refractivity contribution in [2.75, 3.05) is 13.1 Å². The minimum atomic E-state index is -0.204. The molecule has 1 aliphatic heterocycles. The van der Waals surface area contributed by atoms with Crippen LogP contribution in [0.2, 0.25) is 0 Å². The lowest BCUT2D eigenvalue weighted by molar-refractivity contribution is 0.219.